The summed E-state index contributed by atoms with van der Waals surface area (Å²) in [6.07, 6.45) is 5.53. The summed E-state index contributed by atoms with van der Waals surface area (Å²) in [5.74, 6) is 0.603. The van der Waals surface area contributed by atoms with Crippen LogP contribution in [0, 0.1) is 11.3 Å². The van der Waals surface area contributed by atoms with Crippen LogP contribution in [-0.4, -0.2) is 11.6 Å². The third-order valence-electron chi connectivity index (χ3n) is 5.01. The van der Waals surface area contributed by atoms with Crippen molar-refractivity contribution in [1.29, 1.82) is 0 Å². The van der Waals surface area contributed by atoms with E-state index in [1.165, 1.54) is 19.3 Å². The first-order valence-electron chi connectivity index (χ1n) is 8.04. The van der Waals surface area contributed by atoms with Crippen LogP contribution in [0.15, 0.2) is 33.8 Å². The highest BCUT2D eigenvalue weighted by atomic mass is 79.9. The van der Waals surface area contributed by atoms with Crippen LogP contribution in [-0.2, 0) is 0 Å². The molecule has 1 N–H and O–H groups in total. The van der Waals surface area contributed by atoms with Gasteiger partial charge in [0.1, 0.15) is 0 Å². The van der Waals surface area contributed by atoms with Gasteiger partial charge in [-0.05, 0) is 65.1 Å². The zero-order chi connectivity index (χ0) is 16.2. The van der Waals surface area contributed by atoms with Crippen molar-refractivity contribution in [2.24, 2.45) is 16.4 Å². The lowest BCUT2D eigenvalue weighted by Crippen LogP contribution is -2.29. The van der Waals surface area contributed by atoms with Crippen molar-refractivity contribution in [3.8, 4) is 0 Å². The summed E-state index contributed by atoms with van der Waals surface area (Å²) in [5.41, 5.74) is 4.84. The van der Waals surface area contributed by atoms with E-state index in [0.29, 0.717) is 11.0 Å². The van der Waals surface area contributed by atoms with Gasteiger partial charge in [0.2, 0.25) is 0 Å². The third-order valence-corrected chi connectivity index (χ3v) is 5.70. The lowest BCUT2D eigenvalue weighted by molar-refractivity contribution is 0.0953. The molecule has 0 bridgehead atoms. The molecule has 1 aliphatic rings. The predicted molar refractivity (Wildman–Crippen MR) is 95.1 cm³/mol. The van der Waals surface area contributed by atoms with Crippen molar-refractivity contribution in [3.05, 3.63) is 34.3 Å². The van der Waals surface area contributed by atoms with Gasteiger partial charge in [-0.15, -0.1) is 0 Å². The van der Waals surface area contributed by atoms with Crippen molar-refractivity contribution < 1.29 is 4.79 Å². The third kappa shape index (κ3) is 4.19. The summed E-state index contributed by atoms with van der Waals surface area (Å²) < 4.78 is 0.793. The van der Waals surface area contributed by atoms with Gasteiger partial charge in [-0.2, -0.15) is 5.10 Å². The Morgan fingerprint density at radius 2 is 1.95 bits per heavy atom. The molecule has 1 amide bonds. The van der Waals surface area contributed by atoms with E-state index in [4.69, 9.17) is 0 Å². The average Bonchev–Trinajstić information content (AvgIpc) is 2.53. The van der Waals surface area contributed by atoms with Gasteiger partial charge in [0.05, 0.1) is 5.56 Å². The van der Waals surface area contributed by atoms with Gasteiger partial charge in [0.25, 0.3) is 5.91 Å². The number of carbonyl (C=O) groups is 1. The van der Waals surface area contributed by atoms with Gasteiger partial charge in [0, 0.05) is 10.2 Å². The summed E-state index contributed by atoms with van der Waals surface area (Å²) in [7, 11) is 0. The number of nitrogens with zero attached hydrogens (tertiary/aromatic N) is 1. The van der Waals surface area contributed by atoms with E-state index in [9.17, 15) is 4.79 Å². The number of hydrazone groups is 1. The van der Waals surface area contributed by atoms with Crippen LogP contribution in [0.1, 0.15) is 63.2 Å². The van der Waals surface area contributed by atoms with Crippen LogP contribution < -0.4 is 5.43 Å². The van der Waals surface area contributed by atoms with Crippen molar-refractivity contribution >= 4 is 27.5 Å². The van der Waals surface area contributed by atoms with E-state index >= 15 is 0 Å². The highest BCUT2D eigenvalue weighted by molar-refractivity contribution is 9.10. The average molecular weight is 365 g/mol. The van der Waals surface area contributed by atoms with Crippen LogP contribution >= 0.6 is 15.9 Å². The minimum atomic E-state index is -0.156. The number of rotatable bonds is 4. The van der Waals surface area contributed by atoms with E-state index in [2.05, 4.69) is 47.2 Å². The first kappa shape index (κ1) is 17.2. The molecule has 0 aromatic heterocycles. The lowest BCUT2D eigenvalue weighted by Gasteiger charge is -2.36. The maximum absolute atomic E-state index is 12.1. The SMILES string of the molecule is CCC(C)(C)C1CCC(=NNC(=O)c2ccccc2Br)CC1. The molecule has 1 aromatic carbocycles. The minimum absolute atomic E-state index is 0.156. The van der Waals surface area contributed by atoms with Gasteiger partial charge in [-0.1, -0.05) is 39.3 Å². The highest BCUT2D eigenvalue weighted by Gasteiger charge is 2.30. The molecular formula is C18H25BrN2O. The number of benzene rings is 1. The zero-order valence-electron chi connectivity index (χ0n) is 13.7. The van der Waals surface area contributed by atoms with Crippen LogP contribution in [0.5, 0.6) is 0 Å². The number of carbonyl (C=O) groups excluding carboxylic acids is 1. The first-order chi connectivity index (χ1) is 10.4. The number of nitrogens with one attached hydrogen (secondary N) is 1. The van der Waals surface area contributed by atoms with E-state index in [0.717, 1.165) is 28.9 Å². The quantitative estimate of drug-likeness (QED) is 0.736. The van der Waals surface area contributed by atoms with Gasteiger partial charge >= 0.3 is 0 Å². The maximum atomic E-state index is 12.1. The lowest BCUT2D eigenvalue weighted by atomic mass is 9.69. The fourth-order valence-corrected chi connectivity index (χ4v) is 3.43. The monoisotopic (exact) mass is 364 g/mol. The Kier molecular flexibility index (Phi) is 5.79. The predicted octanol–water partition coefficient (Wildman–Crippen LogP) is 5.16. The molecule has 0 radical (unpaired) electrons. The van der Waals surface area contributed by atoms with E-state index in [1.54, 1.807) is 6.07 Å². The van der Waals surface area contributed by atoms with Gasteiger partial charge < -0.3 is 0 Å². The molecule has 4 heteroatoms. The Hall–Kier alpha value is -1.16. The van der Waals surface area contributed by atoms with Gasteiger partial charge in [0.15, 0.2) is 0 Å². The molecule has 1 aromatic rings. The van der Waals surface area contributed by atoms with Crippen LogP contribution in [0.25, 0.3) is 0 Å². The van der Waals surface area contributed by atoms with E-state index in [1.807, 2.05) is 18.2 Å². The molecule has 1 fully saturated rings. The second-order valence-corrected chi connectivity index (χ2v) is 7.57. The number of halogens is 1. The van der Waals surface area contributed by atoms with E-state index in [-0.39, 0.29) is 5.91 Å². The second-order valence-electron chi connectivity index (χ2n) is 6.72. The topological polar surface area (TPSA) is 41.5 Å². The van der Waals surface area contributed by atoms with Crippen molar-refractivity contribution in [1.82, 2.24) is 5.43 Å². The fourth-order valence-electron chi connectivity index (χ4n) is 2.97. The van der Waals surface area contributed by atoms with E-state index < -0.39 is 0 Å². The molecular weight excluding hydrogens is 340 g/mol. The summed E-state index contributed by atoms with van der Waals surface area (Å²) in [4.78, 5) is 12.1. The van der Waals surface area contributed by atoms with Crippen LogP contribution in [0.3, 0.4) is 0 Å². The maximum Gasteiger partial charge on any atom is 0.272 e. The fraction of sp³-hybridized carbons (Fsp3) is 0.556. The summed E-state index contributed by atoms with van der Waals surface area (Å²) in [5, 5.41) is 4.34. The molecule has 2 rings (SSSR count). The van der Waals surface area contributed by atoms with Crippen molar-refractivity contribution in [2.75, 3.05) is 0 Å². The molecule has 0 aliphatic heterocycles. The molecule has 22 heavy (non-hydrogen) atoms. The minimum Gasteiger partial charge on any atom is -0.267 e. The molecule has 0 heterocycles. The molecule has 1 aliphatic carbocycles. The molecule has 0 atom stereocenters. The summed E-state index contributed by atoms with van der Waals surface area (Å²) in [6, 6.07) is 7.40. The smallest absolute Gasteiger partial charge is 0.267 e. The van der Waals surface area contributed by atoms with Crippen LogP contribution in [0.4, 0.5) is 0 Å². The highest BCUT2D eigenvalue weighted by Crippen LogP contribution is 2.39. The normalized spacial score (nSPS) is 18.9. The number of hydrogen-bond donors (Lipinski definition) is 1. The zero-order valence-corrected chi connectivity index (χ0v) is 15.2. The standard InChI is InChI=1S/C18H25BrN2O/c1-4-18(2,3)13-9-11-14(12-10-13)20-21-17(22)15-7-5-6-8-16(15)19/h5-8,13H,4,9-12H2,1-3H3,(H,21,22). The van der Waals surface area contributed by atoms with Gasteiger partial charge in [-0.25, -0.2) is 5.43 Å². The van der Waals surface area contributed by atoms with Crippen molar-refractivity contribution in [2.45, 2.75) is 52.9 Å². The molecule has 120 valence electrons. The Labute approximate surface area is 141 Å². The van der Waals surface area contributed by atoms with Crippen molar-refractivity contribution in [3.63, 3.8) is 0 Å². The van der Waals surface area contributed by atoms with Gasteiger partial charge in [-0.3, -0.25) is 4.79 Å². The molecule has 0 saturated heterocycles. The Balaban J connectivity index is 1.91. The Morgan fingerprint density at radius 3 is 2.55 bits per heavy atom. The Morgan fingerprint density at radius 1 is 1.32 bits per heavy atom. The summed E-state index contributed by atoms with van der Waals surface area (Å²) >= 11 is 3.39. The first-order valence-corrected chi connectivity index (χ1v) is 8.83. The number of amides is 1. The largest absolute Gasteiger partial charge is 0.272 e. The number of hydrogen-bond acceptors (Lipinski definition) is 2. The molecule has 0 spiro atoms. The molecule has 0 unspecified atom stereocenters. The summed E-state index contributed by atoms with van der Waals surface area (Å²) in [6.45, 7) is 6.98. The Bertz CT molecular complexity index is 556. The molecule has 1 saturated carbocycles. The molecule has 3 nitrogen and oxygen atoms in total. The second kappa shape index (κ2) is 7.40. The van der Waals surface area contributed by atoms with Crippen LogP contribution in [0.2, 0.25) is 0 Å².